The molecule has 5 nitrogen and oxygen atoms in total. The first-order valence-electron chi connectivity index (χ1n) is 10.8. The SMILES string of the molecule is O=C(C=Cc1ccc(-c2ccc(Cl)cc2)o1)NC(=S)Nc1ccc(Cl)cc1-c1nc2ccccc2s1. The molecule has 0 spiro atoms. The van der Waals surface area contributed by atoms with Crippen molar-refractivity contribution in [2.45, 2.75) is 0 Å². The standard InChI is InChI=1S/C27H17Cl2N3O2S2/c28-17-7-5-16(6-8-17)23-13-10-19(34-23)11-14-25(33)32-27(35)31-21-12-9-18(29)15-20(21)26-30-22-3-1-2-4-24(22)36-26/h1-15H,(H2,31,32,33,35). The zero-order chi connectivity index (χ0) is 25.1. The number of thiazole rings is 1. The molecule has 0 aliphatic heterocycles. The monoisotopic (exact) mass is 549 g/mol. The molecule has 9 heteroatoms. The van der Waals surface area contributed by atoms with Crippen LogP contribution in [-0.4, -0.2) is 16.0 Å². The molecule has 0 radical (unpaired) electrons. The van der Waals surface area contributed by atoms with E-state index in [4.69, 9.17) is 44.8 Å². The van der Waals surface area contributed by atoms with E-state index in [0.29, 0.717) is 27.3 Å². The summed E-state index contributed by atoms with van der Waals surface area (Å²) < 4.78 is 6.85. The van der Waals surface area contributed by atoms with Gasteiger partial charge in [0.15, 0.2) is 5.11 Å². The van der Waals surface area contributed by atoms with E-state index in [1.165, 1.54) is 6.08 Å². The van der Waals surface area contributed by atoms with Gasteiger partial charge in [0.05, 0.1) is 15.9 Å². The summed E-state index contributed by atoms with van der Waals surface area (Å²) in [6.07, 6.45) is 2.93. The number of benzene rings is 3. The molecule has 0 saturated carbocycles. The van der Waals surface area contributed by atoms with Gasteiger partial charge in [0, 0.05) is 27.2 Å². The van der Waals surface area contributed by atoms with Crippen LogP contribution in [0.4, 0.5) is 5.69 Å². The minimum atomic E-state index is -0.396. The number of carbonyl (C=O) groups excluding carboxylic acids is 1. The number of para-hydroxylation sites is 1. The van der Waals surface area contributed by atoms with Crippen LogP contribution in [0, 0.1) is 0 Å². The van der Waals surface area contributed by atoms with Crippen molar-refractivity contribution >= 4 is 79.8 Å². The highest BCUT2D eigenvalue weighted by atomic mass is 35.5. The molecule has 0 atom stereocenters. The summed E-state index contributed by atoms with van der Waals surface area (Å²) in [5.74, 6) is 0.811. The first-order valence-corrected chi connectivity index (χ1v) is 12.7. The quantitative estimate of drug-likeness (QED) is 0.171. The number of nitrogens with zero attached hydrogens (tertiary/aromatic N) is 1. The number of nitrogens with one attached hydrogen (secondary N) is 2. The lowest BCUT2D eigenvalue weighted by atomic mass is 10.2. The van der Waals surface area contributed by atoms with Gasteiger partial charge in [0.1, 0.15) is 16.5 Å². The molecule has 0 bridgehead atoms. The largest absolute Gasteiger partial charge is 0.457 e. The maximum Gasteiger partial charge on any atom is 0.250 e. The van der Waals surface area contributed by atoms with Crippen LogP contribution < -0.4 is 10.6 Å². The number of amides is 1. The Morgan fingerprint density at radius 3 is 2.56 bits per heavy atom. The molecule has 0 unspecified atom stereocenters. The predicted octanol–water partition coefficient (Wildman–Crippen LogP) is 8.06. The van der Waals surface area contributed by atoms with Gasteiger partial charge in [-0.1, -0.05) is 35.3 Å². The fraction of sp³-hybridized carbons (Fsp3) is 0. The van der Waals surface area contributed by atoms with Gasteiger partial charge in [-0.3, -0.25) is 10.1 Å². The second kappa shape index (κ2) is 10.6. The van der Waals surface area contributed by atoms with E-state index >= 15 is 0 Å². The van der Waals surface area contributed by atoms with E-state index in [9.17, 15) is 4.79 Å². The van der Waals surface area contributed by atoms with E-state index in [0.717, 1.165) is 26.4 Å². The third kappa shape index (κ3) is 5.66. The van der Waals surface area contributed by atoms with Crippen molar-refractivity contribution in [2.75, 3.05) is 5.32 Å². The van der Waals surface area contributed by atoms with Crippen molar-refractivity contribution < 1.29 is 9.21 Å². The van der Waals surface area contributed by atoms with Gasteiger partial charge >= 0.3 is 0 Å². The number of aromatic nitrogens is 1. The topological polar surface area (TPSA) is 67.2 Å². The van der Waals surface area contributed by atoms with Crippen LogP contribution in [0.1, 0.15) is 5.76 Å². The number of hydrogen-bond donors (Lipinski definition) is 2. The van der Waals surface area contributed by atoms with Crippen LogP contribution in [0.2, 0.25) is 10.0 Å². The van der Waals surface area contributed by atoms with E-state index in [1.54, 1.807) is 47.7 Å². The lowest BCUT2D eigenvalue weighted by molar-refractivity contribution is -0.115. The lowest BCUT2D eigenvalue weighted by Crippen LogP contribution is -2.32. The van der Waals surface area contributed by atoms with Gasteiger partial charge in [0.25, 0.3) is 0 Å². The van der Waals surface area contributed by atoms with E-state index < -0.39 is 5.91 Å². The van der Waals surface area contributed by atoms with Crippen LogP contribution in [0.15, 0.2) is 89.4 Å². The van der Waals surface area contributed by atoms with Gasteiger partial charge in [-0.15, -0.1) is 11.3 Å². The molecule has 3 aromatic carbocycles. The Morgan fingerprint density at radius 2 is 1.75 bits per heavy atom. The summed E-state index contributed by atoms with van der Waals surface area (Å²) in [7, 11) is 0. The smallest absolute Gasteiger partial charge is 0.250 e. The molecule has 5 aromatic rings. The molecule has 0 aliphatic carbocycles. The van der Waals surface area contributed by atoms with Crippen molar-refractivity contribution in [3.8, 4) is 21.9 Å². The molecule has 5 rings (SSSR count). The van der Waals surface area contributed by atoms with Crippen molar-refractivity contribution in [1.29, 1.82) is 0 Å². The second-order valence-electron chi connectivity index (χ2n) is 7.66. The number of fused-ring (bicyclic) bond motifs is 1. The summed E-state index contributed by atoms with van der Waals surface area (Å²) in [6, 6.07) is 24.2. The predicted molar refractivity (Wildman–Crippen MR) is 153 cm³/mol. The van der Waals surface area contributed by atoms with Crippen molar-refractivity contribution in [3.05, 3.63) is 101 Å². The minimum Gasteiger partial charge on any atom is -0.457 e. The summed E-state index contributed by atoms with van der Waals surface area (Å²) in [4.78, 5) is 17.1. The Labute approximate surface area is 226 Å². The molecule has 0 aliphatic rings. The maximum atomic E-state index is 12.4. The van der Waals surface area contributed by atoms with Crippen molar-refractivity contribution in [2.24, 2.45) is 0 Å². The molecule has 2 N–H and O–H groups in total. The number of rotatable bonds is 5. The Hall–Kier alpha value is -3.49. The van der Waals surface area contributed by atoms with Crippen LogP contribution in [0.25, 0.3) is 38.2 Å². The highest BCUT2D eigenvalue weighted by molar-refractivity contribution is 7.80. The Bertz CT molecular complexity index is 1570. The zero-order valence-corrected chi connectivity index (χ0v) is 21.6. The number of carbonyl (C=O) groups is 1. The number of hydrogen-bond acceptors (Lipinski definition) is 5. The lowest BCUT2D eigenvalue weighted by Gasteiger charge is -2.12. The Kier molecular flexibility index (Phi) is 7.16. The van der Waals surface area contributed by atoms with Gasteiger partial charge in [-0.05, 0) is 85.0 Å². The number of halogens is 2. The summed E-state index contributed by atoms with van der Waals surface area (Å²) in [6.45, 7) is 0. The minimum absolute atomic E-state index is 0.149. The van der Waals surface area contributed by atoms with Crippen LogP contribution >= 0.6 is 46.8 Å². The van der Waals surface area contributed by atoms with Crippen molar-refractivity contribution in [3.63, 3.8) is 0 Å². The van der Waals surface area contributed by atoms with Gasteiger partial charge in [0.2, 0.25) is 5.91 Å². The molecular weight excluding hydrogens is 533 g/mol. The highest BCUT2D eigenvalue weighted by Gasteiger charge is 2.13. The summed E-state index contributed by atoms with van der Waals surface area (Å²) in [5.41, 5.74) is 3.27. The molecular formula is C27H17Cl2N3O2S2. The van der Waals surface area contributed by atoms with E-state index in [1.807, 2.05) is 48.5 Å². The molecule has 36 heavy (non-hydrogen) atoms. The van der Waals surface area contributed by atoms with Crippen molar-refractivity contribution in [1.82, 2.24) is 10.3 Å². The maximum absolute atomic E-state index is 12.4. The Morgan fingerprint density at radius 1 is 0.972 bits per heavy atom. The number of anilines is 1. The van der Waals surface area contributed by atoms with Crippen LogP contribution in [0.5, 0.6) is 0 Å². The fourth-order valence-corrected chi connectivity index (χ4v) is 4.97. The molecule has 0 saturated heterocycles. The number of furan rings is 1. The average Bonchev–Trinajstić information content (AvgIpc) is 3.51. The fourth-order valence-electron chi connectivity index (χ4n) is 3.47. The summed E-state index contributed by atoms with van der Waals surface area (Å²) >= 11 is 19.1. The molecule has 1 amide bonds. The first kappa shape index (κ1) is 24.2. The third-order valence-corrected chi connectivity index (χ3v) is 6.91. The van der Waals surface area contributed by atoms with Gasteiger partial charge in [-0.2, -0.15) is 0 Å². The zero-order valence-electron chi connectivity index (χ0n) is 18.5. The van der Waals surface area contributed by atoms with Gasteiger partial charge < -0.3 is 9.73 Å². The molecule has 178 valence electrons. The normalized spacial score (nSPS) is 11.2. The van der Waals surface area contributed by atoms with E-state index in [2.05, 4.69) is 10.6 Å². The average molecular weight is 550 g/mol. The van der Waals surface area contributed by atoms with Crippen LogP contribution in [-0.2, 0) is 4.79 Å². The molecule has 2 heterocycles. The number of thiocarbonyl (C=S) groups is 1. The van der Waals surface area contributed by atoms with E-state index in [-0.39, 0.29) is 5.11 Å². The molecule has 2 aromatic heterocycles. The Balaban J connectivity index is 1.26. The second-order valence-corrected chi connectivity index (χ2v) is 9.97. The third-order valence-electron chi connectivity index (χ3n) is 5.15. The van der Waals surface area contributed by atoms with Crippen LogP contribution in [0.3, 0.4) is 0 Å². The molecule has 0 fully saturated rings. The van der Waals surface area contributed by atoms with Gasteiger partial charge in [-0.25, -0.2) is 4.98 Å². The summed E-state index contributed by atoms with van der Waals surface area (Å²) in [5, 5.41) is 7.90. The first-order chi connectivity index (χ1) is 17.4. The highest BCUT2D eigenvalue weighted by Crippen LogP contribution is 2.36.